The number of aryl methyl sites for hydroxylation is 1. The number of carbonyl (C=O) groups is 2. The summed E-state index contributed by atoms with van der Waals surface area (Å²) in [6, 6.07) is 0. The van der Waals surface area contributed by atoms with Crippen LogP contribution in [-0.4, -0.2) is 78.9 Å². The molecule has 0 atom stereocenters. The van der Waals surface area contributed by atoms with Gasteiger partial charge in [-0.15, -0.1) is 0 Å². The molecule has 0 bridgehead atoms. The molecule has 2 saturated heterocycles. The quantitative estimate of drug-likeness (QED) is 0.737. The lowest BCUT2D eigenvalue weighted by Crippen LogP contribution is -2.48. The van der Waals surface area contributed by atoms with Crippen LogP contribution in [-0.2, 0) is 18.4 Å². The van der Waals surface area contributed by atoms with E-state index in [0.717, 1.165) is 45.6 Å². The fourth-order valence-corrected chi connectivity index (χ4v) is 4.25. The van der Waals surface area contributed by atoms with Crippen molar-refractivity contribution >= 4 is 11.9 Å². The van der Waals surface area contributed by atoms with Crippen LogP contribution in [0.3, 0.4) is 0 Å². The van der Waals surface area contributed by atoms with Gasteiger partial charge in [-0.25, -0.2) is 9.78 Å². The number of hydrogen-bond acceptors (Lipinski definition) is 6. The molecule has 33 heavy (non-hydrogen) atoms. The molecule has 4 rings (SSSR count). The highest BCUT2D eigenvalue weighted by Gasteiger charge is 2.39. The second kappa shape index (κ2) is 10.3. The Morgan fingerprint density at radius 2 is 1.67 bits per heavy atom. The molecule has 2 aromatic rings. The van der Waals surface area contributed by atoms with E-state index in [1.54, 1.807) is 18.6 Å². The van der Waals surface area contributed by atoms with Crippen molar-refractivity contribution < 1.29 is 27.9 Å². The van der Waals surface area contributed by atoms with Crippen LogP contribution in [0.25, 0.3) is 0 Å². The zero-order chi connectivity index (χ0) is 24.1. The summed E-state index contributed by atoms with van der Waals surface area (Å²) in [6.07, 6.45) is 8.35. The summed E-state index contributed by atoms with van der Waals surface area (Å²) in [7, 11) is 1.96. The number of alkyl halides is 3. The predicted molar refractivity (Wildman–Crippen MR) is 111 cm³/mol. The number of rotatable bonds is 3. The topological polar surface area (TPSA) is 104 Å². The van der Waals surface area contributed by atoms with E-state index in [4.69, 9.17) is 9.90 Å². The number of amides is 1. The first-order valence-electron chi connectivity index (χ1n) is 10.6. The third-order valence-electron chi connectivity index (χ3n) is 6.22. The number of aromatic nitrogens is 4. The minimum Gasteiger partial charge on any atom is -0.475 e. The van der Waals surface area contributed by atoms with E-state index < -0.39 is 12.1 Å². The van der Waals surface area contributed by atoms with E-state index in [1.165, 1.54) is 18.4 Å². The van der Waals surface area contributed by atoms with Gasteiger partial charge in [-0.05, 0) is 44.2 Å². The molecule has 0 radical (unpaired) electrons. The molecule has 2 fully saturated rings. The van der Waals surface area contributed by atoms with Gasteiger partial charge in [0.2, 0.25) is 0 Å². The van der Waals surface area contributed by atoms with Crippen molar-refractivity contribution in [2.75, 3.05) is 26.2 Å². The van der Waals surface area contributed by atoms with E-state index in [-0.39, 0.29) is 5.91 Å². The molecule has 0 saturated carbocycles. The van der Waals surface area contributed by atoms with Crippen LogP contribution < -0.4 is 0 Å². The lowest BCUT2D eigenvalue weighted by Gasteiger charge is -2.46. The van der Waals surface area contributed by atoms with E-state index in [1.807, 2.05) is 22.8 Å². The zero-order valence-corrected chi connectivity index (χ0v) is 18.3. The molecule has 2 aliphatic rings. The monoisotopic (exact) mass is 468 g/mol. The Labute approximate surface area is 189 Å². The fraction of sp³-hybridized carbons (Fsp3) is 0.571. The highest BCUT2D eigenvalue weighted by Crippen LogP contribution is 2.41. The average Bonchev–Trinajstić information content (AvgIpc) is 3.20. The molecule has 1 spiro atoms. The van der Waals surface area contributed by atoms with Gasteiger partial charge in [0.1, 0.15) is 5.69 Å². The van der Waals surface area contributed by atoms with Crippen molar-refractivity contribution in [3.05, 3.63) is 42.2 Å². The highest BCUT2D eigenvalue weighted by molar-refractivity contribution is 5.92. The van der Waals surface area contributed by atoms with Crippen molar-refractivity contribution in [1.29, 1.82) is 0 Å². The van der Waals surface area contributed by atoms with E-state index >= 15 is 0 Å². The van der Waals surface area contributed by atoms with Crippen molar-refractivity contribution in [2.24, 2.45) is 12.5 Å². The number of hydrogen-bond donors (Lipinski definition) is 1. The SMILES string of the molecule is Cn1cc(CN2CCC3(CC2)CCN(C(=O)c2cnccn2)CC3)cn1.O=C(O)C(F)(F)F. The Bertz CT molecular complexity index is 932. The van der Waals surface area contributed by atoms with Crippen LogP contribution in [0.2, 0.25) is 0 Å². The van der Waals surface area contributed by atoms with Gasteiger partial charge >= 0.3 is 12.1 Å². The Morgan fingerprint density at radius 1 is 1.06 bits per heavy atom. The van der Waals surface area contributed by atoms with E-state index in [9.17, 15) is 18.0 Å². The number of piperidine rings is 2. The summed E-state index contributed by atoms with van der Waals surface area (Å²) >= 11 is 0. The Hall–Kier alpha value is -3.02. The van der Waals surface area contributed by atoms with Crippen LogP contribution in [0.5, 0.6) is 0 Å². The number of aliphatic carboxylic acids is 1. The number of halogens is 3. The van der Waals surface area contributed by atoms with Crippen molar-refractivity contribution in [3.8, 4) is 0 Å². The summed E-state index contributed by atoms with van der Waals surface area (Å²) in [5.74, 6) is -2.74. The van der Waals surface area contributed by atoms with Crippen LogP contribution in [0.4, 0.5) is 13.2 Å². The second-order valence-electron chi connectivity index (χ2n) is 8.48. The zero-order valence-electron chi connectivity index (χ0n) is 18.3. The largest absolute Gasteiger partial charge is 0.490 e. The molecule has 1 amide bonds. The number of carbonyl (C=O) groups excluding carboxylic acids is 1. The third kappa shape index (κ3) is 6.73. The number of likely N-dealkylation sites (tertiary alicyclic amines) is 2. The molecule has 0 aromatic carbocycles. The highest BCUT2D eigenvalue weighted by atomic mass is 19.4. The standard InChI is InChI=1S/C19H26N6O.C2HF3O2/c1-23-14-16(12-22-23)15-24-8-2-19(3-9-24)4-10-25(11-5-19)18(26)17-13-20-6-7-21-17;3-2(4,5)1(6)7/h6-7,12-14H,2-5,8-11,15H2,1H3;(H,6,7). The molecule has 9 nitrogen and oxygen atoms in total. The first kappa shape index (κ1) is 24.6. The van der Waals surface area contributed by atoms with Crippen molar-refractivity contribution in [2.45, 2.75) is 38.4 Å². The number of carboxylic acids is 1. The molecule has 0 unspecified atom stereocenters. The van der Waals surface area contributed by atoms with Gasteiger partial charge in [-0.3, -0.25) is 19.4 Å². The molecule has 2 aliphatic heterocycles. The third-order valence-corrected chi connectivity index (χ3v) is 6.22. The summed E-state index contributed by atoms with van der Waals surface area (Å²) in [5, 5.41) is 11.4. The summed E-state index contributed by atoms with van der Waals surface area (Å²) in [5.41, 5.74) is 2.15. The van der Waals surface area contributed by atoms with Crippen LogP contribution in [0, 0.1) is 5.41 Å². The second-order valence-corrected chi connectivity index (χ2v) is 8.48. The maximum Gasteiger partial charge on any atom is 0.490 e. The van der Waals surface area contributed by atoms with E-state index in [0.29, 0.717) is 11.1 Å². The number of nitrogens with zero attached hydrogens (tertiary/aromatic N) is 6. The molecular weight excluding hydrogens is 441 g/mol. The molecule has 0 aliphatic carbocycles. The van der Waals surface area contributed by atoms with Crippen LogP contribution in [0.1, 0.15) is 41.7 Å². The maximum atomic E-state index is 12.5. The first-order chi connectivity index (χ1) is 15.6. The minimum absolute atomic E-state index is 0.0157. The predicted octanol–water partition coefficient (Wildman–Crippen LogP) is 2.36. The Kier molecular flexibility index (Phi) is 7.67. The van der Waals surface area contributed by atoms with Gasteiger partial charge < -0.3 is 10.0 Å². The van der Waals surface area contributed by atoms with Gasteiger partial charge in [0.25, 0.3) is 5.91 Å². The molecule has 2 aromatic heterocycles. The molecular formula is C21H27F3N6O3. The average molecular weight is 468 g/mol. The van der Waals surface area contributed by atoms with Gasteiger partial charge in [0.15, 0.2) is 0 Å². The van der Waals surface area contributed by atoms with Crippen molar-refractivity contribution in [3.63, 3.8) is 0 Å². The number of carboxylic acid groups (broad SMARTS) is 1. The Morgan fingerprint density at radius 3 is 2.15 bits per heavy atom. The van der Waals surface area contributed by atoms with Crippen LogP contribution >= 0.6 is 0 Å². The normalized spacial score (nSPS) is 18.5. The molecule has 4 heterocycles. The lowest BCUT2D eigenvalue weighted by molar-refractivity contribution is -0.192. The molecule has 180 valence electrons. The van der Waals surface area contributed by atoms with Crippen LogP contribution in [0.15, 0.2) is 31.0 Å². The summed E-state index contributed by atoms with van der Waals surface area (Å²) < 4.78 is 33.6. The van der Waals surface area contributed by atoms with Gasteiger partial charge in [-0.2, -0.15) is 18.3 Å². The summed E-state index contributed by atoms with van der Waals surface area (Å²) in [4.78, 5) is 34.0. The smallest absolute Gasteiger partial charge is 0.475 e. The minimum atomic E-state index is -5.08. The van der Waals surface area contributed by atoms with Gasteiger partial charge in [0.05, 0.1) is 12.4 Å². The summed E-state index contributed by atoms with van der Waals surface area (Å²) in [6.45, 7) is 4.91. The van der Waals surface area contributed by atoms with Crippen molar-refractivity contribution in [1.82, 2.24) is 29.5 Å². The van der Waals surface area contributed by atoms with E-state index in [2.05, 4.69) is 26.2 Å². The first-order valence-corrected chi connectivity index (χ1v) is 10.6. The maximum absolute atomic E-state index is 12.5. The molecule has 1 N–H and O–H groups in total. The fourth-order valence-electron chi connectivity index (χ4n) is 4.25. The lowest BCUT2D eigenvalue weighted by atomic mass is 9.71. The Balaban J connectivity index is 0.000000383. The molecule has 12 heteroatoms. The van der Waals surface area contributed by atoms with Gasteiger partial charge in [0, 0.05) is 50.8 Å². The van der Waals surface area contributed by atoms with Gasteiger partial charge in [-0.1, -0.05) is 0 Å².